The van der Waals surface area contributed by atoms with E-state index >= 15 is 0 Å². The molecule has 3 nitrogen and oxygen atoms in total. The van der Waals surface area contributed by atoms with Crippen LogP contribution in [0.15, 0.2) is 36.1 Å². The Morgan fingerprint density at radius 2 is 1.83 bits per heavy atom. The van der Waals surface area contributed by atoms with Crippen LogP contribution in [0.4, 0.5) is 0 Å². The first-order valence-corrected chi connectivity index (χ1v) is 3.37. The van der Waals surface area contributed by atoms with Crippen molar-refractivity contribution < 1.29 is 15.0 Å². The molecule has 1 rings (SSSR count). The van der Waals surface area contributed by atoms with E-state index in [9.17, 15) is 9.90 Å². The zero-order valence-corrected chi connectivity index (χ0v) is 6.23. The molecule has 0 bridgehead atoms. The van der Waals surface area contributed by atoms with Crippen LogP contribution in [-0.2, 0) is 9.90 Å². The summed E-state index contributed by atoms with van der Waals surface area (Å²) >= 11 is 0. The molecule has 3 heteroatoms. The molecule has 1 N–H and O–H groups in total. The Morgan fingerprint density at radius 3 is 2.33 bits per heavy atom. The van der Waals surface area contributed by atoms with Crippen molar-refractivity contribution in [2.45, 2.75) is 0 Å². The summed E-state index contributed by atoms with van der Waals surface area (Å²) in [6, 6.07) is 8.65. The molecule has 1 aromatic carbocycles. The second-order valence-electron chi connectivity index (χ2n) is 2.23. The zero-order valence-electron chi connectivity index (χ0n) is 6.23. The number of benzene rings is 1. The fraction of sp³-hybridized carbons (Fsp3) is 0. The molecule has 0 atom stereocenters. The van der Waals surface area contributed by atoms with E-state index in [-0.39, 0.29) is 0 Å². The minimum absolute atomic E-state index is 0.624. The molecule has 1 aromatic rings. The molecule has 1 radical (unpaired) electrons. The lowest BCUT2D eigenvalue weighted by atomic mass is 10.2. The molecular weight excluding hydrogens is 156 g/mol. The molecule has 0 aliphatic carbocycles. The maximum atomic E-state index is 10.1. The first-order chi connectivity index (χ1) is 5.70. The van der Waals surface area contributed by atoms with Crippen LogP contribution in [0.25, 0.3) is 6.08 Å². The number of rotatable bonds is 2. The van der Waals surface area contributed by atoms with E-state index in [2.05, 4.69) is 0 Å². The monoisotopic (exact) mass is 163 g/mol. The Bertz CT molecular complexity index is 301. The molecular formula is C9H7O3. The summed E-state index contributed by atoms with van der Waals surface area (Å²) in [5.41, 5.74) is 0.624. The molecule has 61 valence electrons. The summed E-state index contributed by atoms with van der Waals surface area (Å²) in [6.07, 6.45) is 1.13. The van der Waals surface area contributed by atoms with Gasteiger partial charge in [0.25, 0.3) is 0 Å². The van der Waals surface area contributed by atoms with Crippen LogP contribution in [0.1, 0.15) is 5.56 Å². The van der Waals surface area contributed by atoms with Crippen LogP contribution in [0.2, 0.25) is 0 Å². The van der Waals surface area contributed by atoms with E-state index in [4.69, 9.17) is 5.11 Å². The predicted molar refractivity (Wildman–Crippen MR) is 42.7 cm³/mol. The number of hydrogen-bond acceptors (Lipinski definition) is 2. The molecule has 0 heterocycles. The largest absolute Gasteiger partial charge is 0.502 e. The molecule has 0 saturated carbocycles. The van der Waals surface area contributed by atoms with Crippen molar-refractivity contribution in [3.05, 3.63) is 41.7 Å². The molecule has 0 spiro atoms. The molecule has 0 amide bonds. The Labute approximate surface area is 69.6 Å². The van der Waals surface area contributed by atoms with Crippen molar-refractivity contribution in [2.75, 3.05) is 0 Å². The SMILES string of the molecule is [O]C(=O)C(O)=Cc1ccccc1. The van der Waals surface area contributed by atoms with Crippen LogP contribution >= 0.6 is 0 Å². The first-order valence-electron chi connectivity index (χ1n) is 3.37. The van der Waals surface area contributed by atoms with Gasteiger partial charge in [0.2, 0.25) is 5.76 Å². The molecule has 0 fully saturated rings. The zero-order chi connectivity index (χ0) is 8.97. The predicted octanol–water partition coefficient (Wildman–Crippen LogP) is 1.54. The van der Waals surface area contributed by atoms with Crippen molar-refractivity contribution in [1.29, 1.82) is 0 Å². The summed E-state index contributed by atoms with van der Waals surface area (Å²) < 4.78 is 0. The third-order valence-electron chi connectivity index (χ3n) is 1.31. The van der Waals surface area contributed by atoms with Gasteiger partial charge in [-0.15, -0.1) is 0 Å². The van der Waals surface area contributed by atoms with Crippen LogP contribution < -0.4 is 0 Å². The molecule has 0 aliphatic heterocycles. The molecule has 0 saturated heterocycles. The van der Waals surface area contributed by atoms with Crippen LogP contribution in [0.3, 0.4) is 0 Å². The maximum absolute atomic E-state index is 10.1. The van der Waals surface area contributed by atoms with Gasteiger partial charge in [-0.3, -0.25) is 0 Å². The lowest BCUT2D eigenvalue weighted by molar-refractivity contribution is -0.141. The van der Waals surface area contributed by atoms with Gasteiger partial charge in [0.1, 0.15) is 0 Å². The Morgan fingerprint density at radius 1 is 1.25 bits per heavy atom. The highest BCUT2D eigenvalue weighted by molar-refractivity contribution is 5.88. The lowest BCUT2D eigenvalue weighted by Gasteiger charge is -1.91. The Balaban J connectivity index is 2.89. The van der Waals surface area contributed by atoms with Crippen molar-refractivity contribution >= 4 is 12.0 Å². The van der Waals surface area contributed by atoms with Crippen LogP contribution in [0.5, 0.6) is 0 Å². The Hall–Kier alpha value is -1.77. The van der Waals surface area contributed by atoms with E-state index in [0.29, 0.717) is 5.56 Å². The number of aliphatic hydroxyl groups excluding tert-OH is 1. The van der Waals surface area contributed by atoms with Gasteiger partial charge in [-0.2, -0.15) is 0 Å². The highest BCUT2D eigenvalue weighted by atomic mass is 16.4. The minimum atomic E-state index is -1.57. The lowest BCUT2D eigenvalue weighted by Crippen LogP contribution is -1.96. The summed E-state index contributed by atoms with van der Waals surface area (Å²) in [7, 11) is 0. The van der Waals surface area contributed by atoms with Crippen LogP contribution in [-0.4, -0.2) is 11.1 Å². The third-order valence-corrected chi connectivity index (χ3v) is 1.31. The smallest absolute Gasteiger partial charge is 0.420 e. The average Bonchev–Trinajstić information content (AvgIpc) is 2.06. The molecule has 12 heavy (non-hydrogen) atoms. The number of hydrogen-bond donors (Lipinski definition) is 1. The molecule has 0 aromatic heterocycles. The van der Waals surface area contributed by atoms with Crippen molar-refractivity contribution in [3.8, 4) is 0 Å². The Kier molecular flexibility index (Phi) is 2.48. The van der Waals surface area contributed by atoms with E-state index in [1.807, 2.05) is 0 Å². The van der Waals surface area contributed by atoms with Gasteiger partial charge >= 0.3 is 5.97 Å². The highest BCUT2D eigenvalue weighted by Crippen LogP contribution is 2.04. The van der Waals surface area contributed by atoms with Crippen LogP contribution in [0, 0.1) is 0 Å². The van der Waals surface area contributed by atoms with Gasteiger partial charge in [0, 0.05) is 0 Å². The normalized spacial score (nSPS) is 11.2. The maximum Gasteiger partial charge on any atom is 0.420 e. The third kappa shape index (κ3) is 2.12. The van der Waals surface area contributed by atoms with Crippen molar-refractivity contribution in [1.82, 2.24) is 0 Å². The van der Waals surface area contributed by atoms with Gasteiger partial charge in [0.05, 0.1) is 0 Å². The van der Waals surface area contributed by atoms with Gasteiger partial charge in [-0.1, -0.05) is 30.3 Å². The van der Waals surface area contributed by atoms with Gasteiger partial charge < -0.3 is 5.11 Å². The van der Waals surface area contributed by atoms with E-state index in [1.54, 1.807) is 30.3 Å². The molecule has 0 aliphatic rings. The second kappa shape index (κ2) is 3.57. The fourth-order valence-electron chi connectivity index (χ4n) is 0.766. The van der Waals surface area contributed by atoms with Gasteiger partial charge in [0.15, 0.2) is 0 Å². The molecule has 0 unspecified atom stereocenters. The fourth-order valence-corrected chi connectivity index (χ4v) is 0.766. The van der Waals surface area contributed by atoms with E-state index < -0.39 is 11.7 Å². The quantitative estimate of drug-likeness (QED) is 0.531. The van der Waals surface area contributed by atoms with Crippen molar-refractivity contribution in [2.24, 2.45) is 0 Å². The topological polar surface area (TPSA) is 57.2 Å². The first kappa shape index (κ1) is 8.33. The summed E-state index contributed by atoms with van der Waals surface area (Å²) in [5.74, 6) is -2.33. The number of aliphatic hydroxyl groups is 1. The average molecular weight is 163 g/mol. The minimum Gasteiger partial charge on any atom is -0.502 e. The highest BCUT2D eigenvalue weighted by Gasteiger charge is 2.05. The summed E-state index contributed by atoms with van der Waals surface area (Å²) in [6.45, 7) is 0. The van der Waals surface area contributed by atoms with Gasteiger partial charge in [-0.25, -0.2) is 9.90 Å². The van der Waals surface area contributed by atoms with E-state index in [0.717, 1.165) is 6.08 Å². The number of carbonyl (C=O) groups is 1. The standard InChI is InChI=1S/C9H7O3/c10-8(9(11)12)6-7-4-2-1-3-5-7/h1-6,10H. The summed E-state index contributed by atoms with van der Waals surface area (Å²) in [5, 5.41) is 18.9. The second-order valence-corrected chi connectivity index (χ2v) is 2.23. The summed E-state index contributed by atoms with van der Waals surface area (Å²) in [4.78, 5) is 10.1. The van der Waals surface area contributed by atoms with Crippen molar-refractivity contribution in [3.63, 3.8) is 0 Å². The van der Waals surface area contributed by atoms with Gasteiger partial charge in [-0.05, 0) is 11.6 Å². The number of carbonyl (C=O) groups excluding carboxylic acids is 1. The van der Waals surface area contributed by atoms with E-state index in [1.165, 1.54) is 0 Å².